The van der Waals surface area contributed by atoms with Crippen LogP contribution in [-0.2, 0) is 6.54 Å². The zero-order valence-corrected chi connectivity index (χ0v) is 12.1. The van der Waals surface area contributed by atoms with E-state index in [1.807, 2.05) is 0 Å². The number of rotatable bonds is 2. The van der Waals surface area contributed by atoms with Crippen LogP contribution in [0.4, 0.5) is 5.69 Å². The summed E-state index contributed by atoms with van der Waals surface area (Å²) in [4.78, 5) is 5.16. The molecule has 2 aliphatic heterocycles. The number of anilines is 1. The van der Waals surface area contributed by atoms with Crippen molar-refractivity contribution in [2.45, 2.75) is 44.8 Å². The van der Waals surface area contributed by atoms with Gasteiger partial charge in [-0.3, -0.25) is 4.90 Å². The molecule has 3 nitrogen and oxygen atoms in total. The van der Waals surface area contributed by atoms with Gasteiger partial charge in [0.2, 0.25) is 0 Å². The third-order valence-electron chi connectivity index (χ3n) is 4.95. The molecule has 3 heteroatoms. The van der Waals surface area contributed by atoms with Gasteiger partial charge >= 0.3 is 0 Å². The van der Waals surface area contributed by atoms with Crippen LogP contribution in [0.1, 0.15) is 30.4 Å². The maximum absolute atomic E-state index is 5.91. The van der Waals surface area contributed by atoms with Crippen LogP contribution in [0.3, 0.4) is 0 Å². The average molecular weight is 259 g/mol. The second-order valence-electron chi connectivity index (χ2n) is 6.12. The van der Waals surface area contributed by atoms with Gasteiger partial charge in [0.25, 0.3) is 0 Å². The largest absolute Gasteiger partial charge is 0.370 e. The molecule has 0 radical (unpaired) electrons. The molecule has 2 aliphatic rings. The number of hydrogen-bond acceptors (Lipinski definition) is 3. The number of likely N-dealkylation sites (N-methyl/N-ethyl adjacent to an activating group) is 1. The van der Waals surface area contributed by atoms with E-state index in [9.17, 15) is 0 Å². The smallest absolute Gasteiger partial charge is 0.0414 e. The minimum absolute atomic E-state index is 0.635. The highest BCUT2D eigenvalue weighted by atomic mass is 15.3. The van der Waals surface area contributed by atoms with E-state index in [1.165, 1.54) is 42.6 Å². The first-order valence-electron chi connectivity index (χ1n) is 7.45. The Morgan fingerprint density at radius 2 is 2.00 bits per heavy atom. The lowest BCUT2D eigenvalue weighted by atomic mass is 10.0. The average Bonchev–Trinajstić information content (AvgIpc) is 2.63. The number of benzene rings is 1. The molecular weight excluding hydrogens is 234 g/mol. The first-order chi connectivity index (χ1) is 9.19. The molecule has 0 saturated carbocycles. The molecule has 2 saturated heterocycles. The van der Waals surface area contributed by atoms with Crippen LogP contribution in [-0.4, -0.2) is 37.1 Å². The van der Waals surface area contributed by atoms with Gasteiger partial charge in [-0.05, 0) is 50.4 Å². The zero-order chi connectivity index (χ0) is 13.4. The van der Waals surface area contributed by atoms with Gasteiger partial charge in [-0.25, -0.2) is 0 Å². The molecule has 2 heterocycles. The highest BCUT2D eigenvalue weighted by molar-refractivity contribution is 5.56. The fraction of sp³-hybridized carbons (Fsp3) is 0.625. The first kappa shape index (κ1) is 12.9. The van der Waals surface area contributed by atoms with E-state index in [1.54, 1.807) is 0 Å². The predicted molar refractivity (Wildman–Crippen MR) is 80.5 cm³/mol. The second-order valence-corrected chi connectivity index (χ2v) is 6.12. The normalized spacial score (nSPS) is 27.6. The summed E-state index contributed by atoms with van der Waals surface area (Å²) in [5, 5.41) is 0. The van der Waals surface area contributed by atoms with Crippen molar-refractivity contribution in [3.63, 3.8) is 0 Å². The quantitative estimate of drug-likeness (QED) is 0.883. The van der Waals surface area contributed by atoms with Crippen molar-refractivity contribution >= 4 is 5.69 Å². The summed E-state index contributed by atoms with van der Waals surface area (Å²) in [5.41, 5.74) is 9.89. The summed E-state index contributed by atoms with van der Waals surface area (Å²) >= 11 is 0. The minimum atomic E-state index is 0.635. The maximum atomic E-state index is 5.91. The van der Waals surface area contributed by atoms with Crippen LogP contribution < -0.4 is 10.6 Å². The van der Waals surface area contributed by atoms with Crippen LogP contribution in [0.5, 0.6) is 0 Å². The van der Waals surface area contributed by atoms with Gasteiger partial charge in [0.05, 0.1) is 0 Å². The Morgan fingerprint density at radius 3 is 2.79 bits per heavy atom. The summed E-state index contributed by atoms with van der Waals surface area (Å²) in [5.74, 6) is 0. The Balaban J connectivity index is 1.88. The van der Waals surface area contributed by atoms with Crippen molar-refractivity contribution in [1.29, 1.82) is 0 Å². The lowest BCUT2D eigenvalue weighted by molar-refractivity contribution is 0.254. The van der Waals surface area contributed by atoms with Crippen molar-refractivity contribution in [3.8, 4) is 0 Å². The number of hydrogen-bond donors (Lipinski definition) is 1. The Morgan fingerprint density at radius 1 is 1.21 bits per heavy atom. The van der Waals surface area contributed by atoms with Gasteiger partial charge in [0.1, 0.15) is 0 Å². The van der Waals surface area contributed by atoms with Crippen LogP contribution in [0.25, 0.3) is 0 Å². The number of aryl methyl sites for hydroxylation is 1. The van der Waals surface area contributed by atoms with Gasteiger partial charge in [-0.15, -0.1) is 0 Å². The Hall–Kier alpha value is -1.06. The highest BCUT2D eigenvalue weighted by Crippen LogP contribution is 2.32. The van der Waals surface area contributed by atoms with Crippen molar-refractivity contribution in [1.82, 2.24) is 4.90 Å². The Bertz CT molecular complexity index is 457. The summed E-state index contributed by atoms with van der Waals surface area (Å²) in [6, 6.07) is 8.18. The molecule has 0 amide bonds. The van der Waals surface area contributed by atoms with E-state index < -0.39 is 0 Å². The van der Waals surface area contributed by atoms with Crippen LogP contribution in [0.2, 0.25) is 0 Å². The highest BCUT2D eigenvalue weighted by Gasteiger charge is 2.34. The first-order valence-corrected chi connectivity index (χ1v) is 7.45. The summed E-state index contributed by atoms with van der Waals surface area (Å²) in [6.07, 6.45) is 4.01. The molecule has 1 aromatic rings. The van der Waals surface area contributed by atoms with Gasteiger partial charge < -0.3 is 10.6 Å². The topological polar surface area (TPSA) is 32.5 Å². The minimum Gasteiger partial charge on any atom is -0.370 e. The van der Waals surface area contributed by atoms with Gasteiger partial charge in [-0.1, -0.05) is 12.1 Å². The molecule has 0 aliphatic carbocycles. The molecule has 2 N–H and O–H groups in total. The predicted octanol–water partition coefficient (Wildman–Crippen LogP) is 2.13. The molecule has 0 spiro atoms. The number of nitrogens with zero attached hydrogens (tertiary/aromatic N) is 2. The third-order valence-corrected chi connectivity index (χ3v) is 4.95. The molecule has 104 valence electrons. The van der Waals surface area contributed by atoms with Crippen molar-refractivity contribution in [2.75, 3.05) is 25.0 Å². The maximum Gasteiger partial charge on any atom is 0.0414 e. The lowest BCUT2D eigenvalue weighted by Crippen LogP contribution is -2.37. The lowest BCUT2D eigenvalue weighted by Gasteiger charge is -2.29. The molecule has 1 aromatic carbocycles. The Kier molecular flexibility index (Phi) is 3.50. The molecule has 2 bridgehead atoms. The Labute approximate surface area is 116 Å². The van der Waals surface area contributed by atoms with E-state index in [0.29, 0.717) is 6.54 Å². The number of fused-ring (bicyclic) bond motifs is 2. The molecule has 19 heavy (non-hydrogen) atoms. The van der Waals surface area contributed by atoms with Gasteiger partial charge in [-0.2, -0.15) is 0 Å². The SMILES string of the molecule is Cc1ccc(CN)c(N2CCC3CCC(C2)N3C)c1. The molecule has 3 rings (SSSR count). The summed E-state index contributed by atoms with van der Waals surface area (Å²) < 4.78 is 0. The molecule has 0 aromatic heterocycles. The number of nitrogens with two attached hydrogens (primary N) is 1. The molecular formula is C16H25N3. The van der Waals surface area contributed by atoms with E-state index in [0.717, 1.165) is 18.6 Å². The molecule has 2 atom stereocenters. The van der Waals surface area contributed by atoms with Crippen molar-refractivity contribution in [2.24, 2.45) is 5.73 Å². The fourth-order valence-corrected chi connectivity index (χ4v) is 3.67. The van der Waals surface area contributed by atoms with E-state index >= 15 is 0 Å². The third kappa shape index (κ3) is 2.37. The van der Waals surface area contributed by atoms with Crippen LogP contribution >= 0.6 is 0 Å². The van der Waals surface area contributed by atoms with Crippen molar-refractivity contribution in [3.05, 3.63) is 29.3 Å². The van der Waals surface area contributed by atoms with E-state index in [-0.39, 0.29) is 0 Å². The molecule has 2 unspecified atom stereocenters. The monoisotopic (exact) mass is 259 g/mol. The van der Waals surface area contributed by atoms with Gasteiger partial charge in [0.15, 0.2) is 0 Å². The summed E-state index contributed by atoms with van der Waals surface area (Å²) in [6.45, 7) is 5.13. The van der Waals surface area contributed by atoms with Crippen molar-refractivity contribution < 1.29 is 0 Å². The fourth-order valence-electron chi connectivity index (χ4n) is 3.67. The van der Waals surface area contributed by atoms with E-state index in [4.69, 9.17) is 5.73 Å². The standard InChI is InChI=1S/C16H25N3/c1-12-3-4-13(10-17)16(9-12)19-8-7-14-5-6-15(11-19)18(14)2/h3-4,9,14-15H,5-8,10-11,17H2,1-2H3. The zero-order valence-electron chi connectivity index (χ0n) is 12.1. The van der Waals surface area contributed by atoms with E-state index in [2.05, 4.69) is 42.0 Å². The second kappa shape index (κ2) is 5.14. The summed E-state index contributed by atoms with van der Waals surface area (Å²) in [7, 11) is 2.30. The van der Waals surface area contributed by atoms with Gasteiger partial charge in [0, 0.05) is 37.4 Å². The molecule has 2 fully saturated rings. The van der Waals surface area contributed by atoms with Crippen LogP contribution in [0.15, 0.2) is 18.2 Å². The van der Waals surface area contributed by atoms with Crippen LogP contribution in [0, 0.1) is 6.92 Å².